The Balaban J connectivity index is 1.68. The number of carbonyl (C=O) groups is 1. The Hall–Kier alpha value is -4.16. The molecule has 0 spiro atoms. The van der Waals surface area contributed by atoms with Crippen LogP contribution in [0.3, 0.4) is 0 Å². The first kappa shape index (κ1) is 23.5. The molecule has 0 aliphatic heterocycles. The van der Waals surface area contributed by atoms with Gasteiger partial charge in [-0.3, -0.25) is 25.0 Å². The molecule has 0 bridgehead atoms. The number of rotatable bonds is 9. The SMILES string of the molecule is O=C(Nc1ccc(S(=O)(=O)NCCc2ccccc2)cc1)c1ccc([N+](=O)[O-])cc1[N+](=O)[O-]. The van der Waals surface area contributed by atoms with Crippen molar-refractivity contribution >= 4 is 33.0 Å². The van der Waals surface area contributed by atoms with Gasteiger partial charge in [-0.1, -0.05) is 30.3 Å². The highest BCUT2D eigenvalue weighted by Crippen LogP contribution is 2.25. The fourth-order valence-corrected chi connectivity index (χ4v) is 3.98. The van der Waals surface area contributed by atoms with Crippen molar-refractivity contribution in [1.29, 1.82) is 0 Å². The van der Waals surface area contributed by atoms with Gasteiger partial charge in [0.2, 0.25) is 10.0 Å². The summed E-state index contributed by atoms with van der Waals surface area (Å²) in [6.45, 7) is 0.203. The molecule has 3 rings (SSSR count). The molecule has 0 fully saturated rings. The molecule has 0 aliphatic carbocycles. The maximum Gasteiger partial charge on any atom is 0.289 e. The van der Waals surface area contributed by atoms with E-state index in [4.69, 9.17) is 0 Å². The number of benzene rings is 3. The number of nitrogens with one attached hydrogen (secondary N) is 2. The fourth-order valence-electron chi connectivity index (χ4n) is 2.95. The van der Waals surface area contributed by atoms with E-state index in [-0.39, 0.29) is 22.7 Å². The largest absolute Gasteiger partial charge is 0.322 e. The number of sulfonamides is 1. The predicted octanol–water partition coefficient (Wildman–Crippen LogP) is 3.28. The maximum atomic E-state index is 12.5. The lowest BCUT2D eigenvalue weighted by molar-refractivity contribution is -0.394. The van der Waals surface area contributed by atoms with Crippen molar-refractivity contribution in [1.82, 2.24) is 4.72 Å². The second-order valence-electron chi connectivity index (χ2n) is 6.83. The third-order valence-electron chi connectivity index (χ3n) is 4.60. The zero-order chi connectivity index (χ0) is 24.0. The van der Waals surface area contributed by atoms with Crippen LogP contribution in [0.4, 0.5) is 17.1 Å². The summed E-state index contributed by atoms with van der Waals surface area (Å²) in [6.07, 6.45) is 0.516. The molecule has 0 unspecified atom stereocenters. The highest BCUT2D eigenvalue weighted by molar-refractivity contribution is 7.89. The molecular weight excluding hydrogens is 452 g/mol. The Morgan fingerprint density at radius 1 is 0.879 bits per heavy atom. The van der Waals surface area contributed by atoms with Gasteiger partial charge in [-0.15, -0.1) is 0 Å². The fraction of sp³-hybridized carbons (Fsp3) is 0.0952. The lowest BCUT2D eigenvalue weighted by Gasteiger charge is -2.09. The summed E-state index contributed by atoms with van der Waals surface area (Å²) < 4.78 is 27.4. The van der Waals surface area contributed by atoms with Crippen LogP contribution in [0, 0.1) is 20.2 Å². The van der Waals surface area contributed by atoms with Crippen molar-refractivity contribution in [3.63, 3.8) is 0 Å². The molecule has 12 heteroatoms. The predicted molar refractivity (Wildman–Crippen MR) is 119 cm³/mol. The molecule has 0 radical (unpaired) electrons. The molecular formula is C21H18N4O7S. The number of nitro benzene ring substituents is 2. The first-order chi connectivity index (χ1) is 15.7. The number of amides is 1. The highest BCUT2D eigenvalue weighted by Gasteiger charge is 2.24. The van der Waals surface area contributed by atoms with Crippen LogP contribution in [0.15, 0.2) is 77.7 Å². The molecule has 0 aliphatic rings. The van der Waals surface area contributed by atoms with E-state index in [1.54, 1.807) is 0 Å². The first-order valence-electron chi connectivity index (χ1n) is 9.55. The van der Waals surface area contributed by atoms with E-state index in [2.05, 4.69) is 10.0 Å². The lowest BCUT2D eigenvalue weighted by atomic mass is 10.1. The van der Waals surface area contributed by atoms with E-state index in [9.17, 15) is 33.4 Å². The molecule has 0 saturated carbocycles. The molecule has 0 saturated heterocycles. The first-order valence-corrected chi connectivity index (χ1v) is 11.0. The summed E-state index contributed by atoms with van der Waals surface area (Å²) in [7, 11) is -3.77. The van der Waals surface area contributed by atoms with Gasteiger partial charge in [0, 0.05) is 18.3 Å². The van der Waals surface area contributed by atoms with Gasteiger partial charge in [0.1, 0.15) is 5.56 Å². The zero-order valence-electron chi connectivity index (χ0n) is 17.0. The van der Waals surface area contributed by atoms with Crippen LogP contribution in [0.25, 0.3) is 0 Å². The number of carbonyl (C=O) groups excluding carboxylic acids is 1. The molecule has 11 nitrogen and oxygen atoms in total. The van der Waals surface area contributed by atoms with Crippen LogP contribution in [0.1, 0.15) is 15.9 Å². The Labute approximate surface area is 188 Å². The zero-order valence-corrected chi connectivity index (χ0v) is 17.8. The monoisotopic (exact) mass is 470 g/mol. The van der Waals surface area contributed by atoms with Gasteiger partial charge >= 0.3 is 0 Å². The summed E-state index contributed by atoms with van der Waals surface area (Å²) in [5.74, 6) is -0.867. The van der Waals surface area contributed by atoms with Crippen LogP contribution in [0.2, 0.25) is 0 Å². The molecule has 3 aromatic rings. The van der Waals surface area contributed by atoms with Gasteiger partial charge in [0.05, 0.1) is 20.8 Å². The van der Waals surface area contributed by atoms with E-state index in [1.807, 2.05) is 30.3 Å². The average Bonchev–Trinajstić information content (AvgIpc) is 2.79. The van der Waals surface area contributed by atoms with Gasteiger partial charge in [-0.05, 0) is 42.3 Å². The molecule has 33 heavy (non-hydrogen) atoms. The van der Waals surface area contributed by atoms with Crippen LogP contribution in [0.5, 0.6) is 0 Å². The van der Waals surface area contributed by atoms with Gasteiger partial charge in [-0.25, -0.2) is 13.1 Å². The average molecular weight is 470 g/mol. The molecule has 0 heterocycles. The van der Waals surface area contributed by atoms with Gasteiger partial charge < -0.3 is 5.32 Å². The van der Waals surface area contributed by atoms with Crippen molar-refractivity contribution in [3.05, 3.63) is 104 Å². The normalized spacial score (nSPS) is 11.0. The minimum Gasteiger partial charge on any atom is -0.322 e. The smallest absolute Gasteiger partial charge is 0.289 e. The van der Waals surface area contributed by atoms with Crippen LogP contribution >= 0.6 is 0 Å². The standard InChI is InChI=1S/C21H18N4O7S/c26-21(19-11-8-17(24(27)28)14-20(19)25(29)30)23-16-6-9-18(10-7-16)33(31,32)22-13-12-15-4-2-1-3-5-15/h1-11,14,22H,12-13H2,(H,23,26). The minimum atomic E-state index is -3.77. The van der Waals surface area contributed by atoms with E-state index in [0.717, 1.165) is 17.7 Å². The second-order valence-corrected chi connectivity index (χ2v) is 8.59. The summed E-state index contributed by atoms with van der Waals surface area (Å²) in [5.41, 5.74) is -0.435. The number of non-ortho nitro benzene ring substituents is 1. The van der Waals surface area contributed by atoms with E-state index in [0.29, 0.717) is 12.5 Å². The Morgan fingerprint density at radius 3 is 2.15 bits per heavy atom. The third-order valence-corrected chi connectivity index (χ3v) is 6.08. The number of hydrogen-bond acceptors (Lipinski definition) is 7. The highest BCUT2D eigenvalue weighted by atomic mass is 32.2. The quantitative estimate of drug-likeness (QED) is 0.358. The number of nitro groups is 2. The van der Waals surface area contributed by atoms with E-state index < -0.39 is 37.2 Å². The Morgan fingerprint density at radius 2 is 1.55 bits per heavy atom. The topological polar surface area (TPSA) is 162 Å². The van der Waals surface area contributed by atoms with Crippen molar-refractivity contribution < 1.29 is 23.1 Å². The van der Waals surface area contributed by atoms with Gasteiger partial charge in [-0.2, -0.15) is 0 Å². The molecule has 3 aromatic carbocycles. The van der Waals surface area contributed by atoms with Crippen molar-refractivity contribution in [2.45, 2.75) is 11.3 Å². The Kier molecular flexibility index (Phi) is 7.10. The summed E-state index contributed by atoms with van der Waals surface area (Å²) in [4.78, 5) is 32.8. The third kappa shape index (κ3) is 5.96. The second kappa shape index (κ2) is 9.97. The Bertz CT molecular complexity index is 1290. The van der Waals surface area contributed by atoms with Crippen LogP contribution < -0.4 is 10.0 Å². The summed E-state index contributed by atoms with van der Waals surface area (Å²) >= 11 is 0. The molecule has 2 N–H and O–H groups in total. The number of nitrogens with zero attached hydrogens (tertiary/aromatic N) is 2. The molecule has 0 atom stereocenters. The summed E-state index contributed by atoms with van der Waals surface area (Å²) in [5, 5.41) is 24.5. The number of hydrogen-bond donors (Lipinski definition) is 2. The molecule has 0 aromatic heterocycles. The van der Waals surface area contributed by atoms with Crippen molar-refractivity contribution in [3.8, 4) is 0 Å². The van der Waals surface area contributed by atoms with E-state index in [1.165, 1.54) is 24.3 Å². The lowest BCUT2D eigenvalue weighted by Crippen LogP contribution is -2.26. The van der Waals surface area contributed by atoms with Gasteiger partial charge in [0.25, 0.3) is 17.3 Å². The summed E-state index contributed by atoms with van der Waals surface area (Å²) in [6, 6.07) is 17.3. The van der Waals surface area contributed by atoms with E-state index >= 15 is 0 Å². The molecule has 1 amide bonds. The van der Waals surface area contributed by atoms with Crippen molar-refractivity contribution in [2.24, 2.45) is 0 Å². The number of anilines is 1. The van der Waals surface area contributed by atoms with Crippen LogP contribution in [-0.2, 0) is 16.4 Å². The minimum absolute atomic E-state index is 0.0186. The van der Waals surface area contributed by atoms with Gasteiger partial charge in [0.15, 0.2) is 0 Å². The maximum absolute atomic E-state index is 12.5. The van der Waals surface area contributed by atoms with Crippen LogP contribution in [-0.4, -0.2) is 30.7 Å². The molecule has 170 valence electrons. The van der Waals surface area contributed by atoms with Crippen molar-refractivity contribution in [2.75, 3.05) is 11.9 Å².